The quantitative estimate of drug-likeness (QED) is 0.468. The standard InChI is InChI=1S/C19H18BrClO4/c1-19(2,12-24-18(23)13-6-4-3-5-7-13)16(22)17(20)25-15-10-8-14(21)9-11-15/h3-11,17H,12H2,1-2H3. The van der Waals surface area contributed by atoms with Crippen LogP contribution < -0.4 is 4.74 Å². The SMILES string of the molecule is CC(C)(COC(=O)c1ccccc1)C(=O)C(Br)Oc1ccc(Cl)cc1. The van der Waals surface area contributed by atoms with Crippen molar-refractivity contribution in [1.29, 1.82) is 0 Å². The number of carbonyl (C=O) groups is 2. The highest BCUT2D eigenvalue weighted by Gasteiger charge is 2.35. The minimum absolute atomic E-state index is 0.0500. The number of hydrogen-bond acceptors (Lipinski definition) is 4. The normalized spacial score (nSPS) is 12.3. The van der Waals surface area contributed by atoms with Gasteiger partial charge in [-0.3, -0.25) is 4.79 Å². The molecule has 0 amide bonds. The number of carbonyl (C=O) groups excluding carboxylic acids is 2. The predicted molar refractivity (Wildman–Crippen MR) is 100 cm³/mol. The maximum atomic E-state index is 12.6. The van der Waals surface area contributed by atoms with Crippen LogP contribution in [0.2, 0.25) is 5.02 Å². The fourth-order valence-corrected chi connectivity index (χ4v) is 2.93. The Morgan fingerprint density at radius 3 is 2.28 bits per heavy atom. The molecule has 1 atom stereocenters. The van der Waals surface area contributed by atoms with Crippen molar-refractivity contribution in [2.75, 3.05) is 6.61 Å². The van der Waals surface area contributed by atoms with Crippen molar-refractivity contribution in [2.45, 2.75) is 18.9 Å². The van der Waals surface area contributed by atoms with Crippen LogP contribution in [0.15, 0.2) is 54.6 Å². The van der Waals surface area contributed by atoms with Crippen molar-refractivity contribution in [3.8, 4) is 5.75 Å². The van der Waals surface area contributed by atoms with Gasteiger partial charge in [0.15, 0.2) is 5.78 Å². The first kappa shape index (κ1) is 19.5. The number of Topliss-reactive ketones (excluding diaryl/α,β-unsaturated/α-hetero) is 1. The van der Waals surface area contributed by atoms with E-state index in [1.807, 2.05) is 6.07 Å². The first-order chi connectivity index (χ1) is 11.8. The van der Waals surface area contributed by atoms with Crippen molar-refractivity contribution in [1.82, 2.24) is 0 Å². The van der Waals surface area contributed by atoms with Crippen LogP contribution in [0.25, 0.3) is 0 Å². The molecular formula is C19H18BrClO4. The number of esters is 1. The summed E-state index contributed by atoms with van der Waals surface area (Å²) >= 11 is 9.06. The molecule has 0 radical (unpaired) electrons. The maximum absolute atomic E-state index is 12.6. The Bertz CT molecular complexity index is 729. The van der Waals surface area contributed by atoms with Crippen LogP contribution in [0.5, 0.6) is 5.75 Å². The van der Waals surface area contributed by atoms with Gasteiger partial charge in [0.1, 0.15) is 12.4 Å². The molecule has 0 aliphatic rings. The molecule has 0 heterocycles. The fourth-order valence-electron chi connectivity index (χ4n) is 1.97. The van der Waals surface area contributed by atoms with Crippen molar-refractivity contribution >= 4 is 39.3 Å². The van der Waals surface area contributed by atoms with E-state index in [0.717, 1.165) is 0 Å². The van der Waals surface area contributed by atoms with Crippen LogP contribution in [-0.2, 0) is 9.53 Å². The molecule has 0 aromatic heterocycles. The molecule has 0 fully saturated rings. The van der Waals surface area contributed by atoms with Crippen molar-refractivity contribution in [2.24, 2.45) is 5.41 Å². The summed E-state index contributed by atoms with van der Waals surface area (Å²) in [6.07, 6.45) is 0. The second-order valence-electron chi connectivity index (χ2n) is 6.08. The molecule has 0 spiro atoms. The van der Waals surface area contributed by atoms with Gasteiger partial charge in [0.2, 0.25) is 5.01 Å². The van der Waals surface area contributed by atoms with Crippen LogP contribution >= 0.6 is 27.5 Å². The second-order valence-corrected chi connectivity index (χ2v) is 7.35. The number of ether oxygens (including phenoxy) is 2. The number of hydrogen-bond donors (Lipinski definition) is 0. The monoisotopic (exact) mass is 424 g/mol. The molecule has 25 heavy (non-hydrogen) atoms. The molecule has 2 rings (SSSR count). The minimum atomic E-state index is -0.912. The molecule has 0 saturated carbocycles. The molecular weight excluding hydrogens is 408 g/mol. The largest absolute Gasteiger partial charge is 0.471 e. The number of alkyl halides is 1. The van der Waals surface area contributed by atoms with Gasteiger partial charge in [-0.15, -0.1) is 0 Å². The third kappa shape index (κ3) is 5.58. The number of rotatable bonds is 7. The summed E-state index contributed by atoms with van der Waals surface area (Å²) < 4.78 is 10.9. The lowest BCUT2D eigenvalue weighted by Crippen LogP contribution is -2.38. The topological polar surface area (TPSA) is 52.6 Å². The van der Waals surface area contributed by atoms with Crippen LogP contribution in [0.1, 0.15) is 24.2 Å². The highest BCUT2D eigenvalue weighted by Crippen LogP contribution is 2.26. The Hall–Kier alpha value is -1.85. The van der Waals surface area contributed by atoms with Gasteiger partial charge in [-0.1, -0.05) is 29.8 Å². The van der Waals surface area contributed by atoms with Gasteiger partial charge >= 0.3 is 5.97 Å². The zero-order valence-electron chi connectivity index (χ0n) is 13.9. The molecule has 0 aliphatic carbocycles. The Labute approximate surface area is 160 Å². The average Bonchev–Trinajstić information content (AvgIpc) is 2.61. The lowest BCUT2D eigenvalue weighted by Gasteiger charge is -2.25. The predicted octanol–water partition coefficient (Wildman–Crippen LogP) is 4.89. The summed E-state index contributed by atoms with van der Waals surface area (Å²) in [5.74, 6) is -0.189. The molecule has 0 bridgehead atoms. The molecule has 4 nitrogen and oxygen atoms in total. The van der Waals surface area contributed by atoms with E-state index < -0.39 is 16.4 Å². The maximum Gasteiger partial charge on any atom is 0.338 e. The van der Waals surface area contributed by atoms with E-state index in [1.54, 1.807) is 62.4 Å². The summed E-state index contributed by atoms with van der Waals surface area (Å²) in [6.45, 7) is 3.35. The number of benzene rings is 2. The molecule has 6 heteroatoms. The fraction of sp³-hybridized carbons (Fsp3) is 0.263. The van der Waals surface area contributed by atoms with E-state index in [2.05, 4.69) is 15.9 Å². The molecule has 1 unspecified atom stereocenters. The van der Waals surface area contributed by atoms with Gasteiger partial charge in [0.25, 0.3) is 0 Å². The zero-order valence-corrected chi connectivity index (χ0v) is 16.2. The molecule has 2 aromatic carbocycles. The molecule has 0 aliphatic heterocycles. The van der Waals surface area contributed by atoms with Crippen LogP contribution in [0.3, 0.4) is 0 Å². The number of halogens is 2. The van der Waals surface area contributed by atoms with E-state index in [-0.39, 0.29) is 12.4 Å². The Morgan fingerprint density at radius 2 is 1.68 bits per heavy atom. The highest BCUT2D eigenvalue weighted by atomic mass is 79.9. The number of ketones is 1. The lowest BCUT2D eigenvalue weighted by atomic mass is 9.89. The van der Waals surface area contributed by atoms with Crippen LogP contribution in [-0.4, -0.2) is 23.4 Å². The second kappa shape index (κ2) is 8.50. The first-order valence-corrected chi connectivity index (χ1v) is 8.92. The van der Waals surface area contributed by atoms with Gasteiger partial charge < -0.3 is 9.47 Å². The lowest BCUT2D eigenvalue weighted by molar-refractivity contribution is -0.132. The summed E-state index contributed by atoms with van der Waals surface area (Å²) in [7, 11) is 0. The van der Waals surface area contributed by atoms with Crippen molar-refractivity contribution in [3.63, 3.8) is 0 Å². The van der Waals surface area contributed by atoms with E-state index in [4.69, 9.17) is 21.1 Å². The van der Waals surface area contributed by atoms with E-state index in [9.17, 15) is 9.59 Å². The van der Waals surface area contributed by atoms with Gasteiger partial charge in [0, 0.05) is 5.02 Å². The Balaban J connectivity index is 1.94. The first-order valence-electron chi connectivity index (χ1n) is 7.62. The van der Waals surface area contributed by atoms with E-state index in [0.29, 0.717) is 16.3 Å². The zero-order chi connectivity index (χ0) is 18.4. The minimum Gasteiger partial charge on any atom is -0.471 e. The van der Waals surface area contributed by atoms with Crippen molar-refractivity contribution in [3.05, 3.63) is 65.2 Å². The van der Waals surface area contributed by atoms with Crippen LogP contribution in [0, 0.1) is 5.41 Å². The summed E-state index contributed by atoms with van der Waals surface area (Å²) in [5.41, 5.74) is -0.469. The third-order valence-electron chi connectivity index (χ3n) is 3.50. The summed E-state index contributed by atoms with van der Waals surface area (Å²) in [6, 6.07) is 15.3. The van der Waals surface area contributed by atoms with Crippen LogP contribution in [0.4, 0.5) is 0 Å². The highest BCUT2D eigenvalue weighted by molar-refractivity contribution is 9.09. The Kier molecular flexibility index (Phi) is 6.62. The smallest absolute Gasteiger partial charge is 0.338 e. The van der Waals surface area contributed by atoms with E-state index in [1.165, 1.54) is 0 Å². The molecule has 0 saturated heterocycles. The summed E-state index contributed by atoms with van der Waals surface area (Å²) in [4.78, 5) is 24.6. The van der Waals surface area contributed by atoms with Crippen molar-refractivity contribution < 1.29 is 19.1 Å². The molecule has 132 valence electrons. The van der Waals surface area contributed by atoms with E-state index >= 15 is 0 Å². The third-order valence-corrected chi connectivity index (χ3v) is 4.35. The average molecular weight is 426 g/mol. The van der Waals surface area contributed by atoms with Gasteiger partial charge in [-0.2, -0.15) is 0 Å². The van der Waals surface area contributed by atoms with Gasteiger partial charge in [-0.25, -0.2) is 4.79 Å². The molecule has 2 aromatic rings. The van der Waals surface area contributed by atoms with Gasteiger partial charge in [-0.05, 0) is 66.2 Å². The Morgan fingerprint density at radius 1 is 1.08 bits per heavy atom. The van der Waals surface area contributed by atoms with Gasteiger partial charge in [0.05, 0.1) is 11.0 Å². The molecule has 0 N–H and O–H groups in total. The summed E-state index contributed by atoms with van der Waals surface area (Å²) in [5, 5.41) is -0.281.